The lowest BCUT2D eigenvalue weighted by molar-refractivity contribution is -0.318. The molecule has 104 valence electrons. The lowest BCUT2D eigenvalue weighted by Crippen LogP contribution is -2.60. The number of hydrogen-bond acceptors (Lipinski definition) is 7. The maximum atomic E-state index is 9.72. The van der Waals surface area contributed by atoms with Gasteiger partial charge in [0.05, 0.1) is 12.7 Å². The molecule has 0 bridgehead atoms. The molecule has 0 unspecified atom stereocenters. The SMILES string of the molecule is CC[C@](C)(C#N)O[C@@H]1O[C@H](CO)[C@@H](O)[C@H](O)[C@H]1O. The Kier molecular flexibility index (Phi) is 5.04. The summed E-state index contributed by atoms with van der Waals surface area (Å²) in [5, 5.41) is 46.8. The van der Waals surface area contributed by atoms with E-state index >= 15 is 0 Å². The molecule has 1 aliphatic rings. The van der Waals surface area contributed by atoms with Crippen molar-refractivity contribution in [1.82, 2.24) is 0 Å². The van der Waals surface area contributed by atoms with Crippen molar-refractivity contribution in [3.05, 3.63) is 0 Å². The Hall–Kier alpha value is -0.750. The second kappa shape index (κ2) is 5.93. The maximum absolute atomic E-state index is 9.72. The van der Waals surface area contributed by atoms with E-state index < -0.39 is 42.9 Å². The van der Waals surface area contributed by atoms with Gasteiger partial charge in [-0.1, -0.05) is 6.92 Å². The average Bonchev–Trinajstić information content (AvgIpc) is 2.39. The fraction of sp³-hybridized carbons (Fsp3) is 0.909. The van der Waals surface area contributed by atoms with Crippen molar-refractivity contribution >= 4 is 0 Å². The molecule has 1 aliphatic heterocycles. The molecule has 0 saturated carbocycles. The van der Waals surface area contributed by atoms with Crippen molar-refractivity contribution in [1.29, 1.82) is 5.26 Å². The zero-order valence-corrected chi connectivity index (χ0v) is 10.4. The Morgan fingerprint density at radius 3 is 2.33 bits per heavy atom. The van der Waals surface area contributed by atoms with Gasteiger partial charge in [0, 0.05) is 0 Å². The number of aliphatic hydroxyl groups excluding tert-OH is 4. The first kappa shape index (κ1) is 15.3. The fourth-order valence-electron chi connectivity index (χ4n) is 1.61. The fourth-order valence-corrected chi connectivity index (χ4v) is 1.61. The summed E-state index contributed by atoms with van der Waals surface area (Å²) in [6, 6.07) is 1.93. The smallest absolute Gasteiger partial charge is 0.188 e. The van der Waals surface area contributed by atoms with Gasteiger partial charge in [-0.25, -0.2) is 0 Å². The van der Waals surface area contributed by atoms with Crippen LogP contribution in [0.2, 0.25) is 0 Å². The second-order valence-corrected chi connectivity index (χ2v) is 4.51. The summed E-state index contributed by atoms with van der Waals surface area (Å²) in [5.41, 5.74) is -1.17. The van der Waals surface area contributed by atoms with Crippen LogP contribution in [0.15, 0.2) is 0 Å². The third-order valence-corrected chi connectivity index (χ3v) is 3.14. The van der Waals surface area contributed by atoms with Gasteiger partial charge in [-0.15, -0.1) is 0 Å². The van der Waals surface area contributed by atoms with E-state index in [-0.39, 0.29) is 0 Å². The molecular weight excluding hydrogens is 242 g/mol. The molecule has 4 N–H and O–H groups in total. The third kappa shape index (κ3) is 2.98. The number of hydrogen-bond donors (Lipinski definition) is 4. The summed E-state index contributed by atoms with van der Waals surface area (Å²) in [5.74, 6) is 0. The predicted octanol–water partition coefficient (Wildman–Crippen LogP) is -1.50. The van der Waals surface area contributed by atoms with Crippen molar-refractivity contribution < 1.29 is 29.9 Å². The topological polar surface area (TPSA) is 123 Å². The molecule has 7 heteroatoms. The van der Waals surface area contributed by atoms with Gasteiger partial charge in [0.2, 0.25) is 0 Å². The lowest BCUT2D eigenvalue weighted by Gasteiger charge is -2.41. The highest BCUT2D eigenvalue weighted by Gasteiger charge is 2.46. The highest BCUT2D eigenvalue weighted by molar-refractivity contribution is 4.99. The minimum Gasteiger partial charge on any atom is -0.394 e. The molecule has 18 heavy (non-hydrogen) atoms. The van der Waals surface area contributed by atoms with Crippen molar-refractivity contribution in [3.8, 4) is 6.07 Å². The van der Waals surface area contributed by atoms with Gasteiger partial charge in [0.1, 0.15) is 24.4 Å². The van der Waals surface area contributed by atoms with Gasteiger partial charge < -0.3 is 29.9 Å². The largest absolute Gasteiger partial charge is 0.394 e. The first-order valence-electron chi connectivity index (χ1n) is 5.78. The van der Waals surface area contributed by atoms with E-state index in [0.29, 0.717) is 6.42 Å². The number of rotatable bonds is 4. The molecule has 0 radical (unpaired) electrons. The lowest BCUT2D eigenvalue weighted by atomic mass is 9.98. The zero-order chi connectivity index (χ0) is 13.9. The number of ether oxygens (including phenoxy) is 2. The zero-order valence-electron chi connectivity index (χ0n) is 10.4. The third-order valence-electron chi connectivity index (χ3n) is 3.14. The highest BCUT2D eigenvalue weighted by Crippen LogP contribution is 2.26. The minimum atomic E-state index is -1.50. The molecule has 0 aromatic carbocycles. The second-order valence-electron chi connectivity index (χ2n) is 4.51. The Labute approximate surface area is 105 Å². The molecule has 0 aliphatic carbocycles. The Balaban J connectivity index is 2.80. The van der Waals surface area contributed by atoms with E-state index in [4.69, 9.17) is 19.8 Å². The van der Waals surface area contributed by atoms with Gasteiger partial charge in [0.25, 0.3) is 0 Å². The van der Waals surface area contributed by atoms with Crippen LogP contribution in [-0.2, 0) is 9.47 Å². The van der Waals surface area contributed by atoms with Crippen LogP contribution < -0.4 is 0 Å². The first-order chi connectivity index (χ1) is 8.38. The Morgan fingerprint density at radius 2 is 1.89 bits per heavy atom. The summed E-state index contributed by atoms with van der Waals surface area (Å²) in [7, 11) is 0. The molecule has 1 rings (SSSR count). The Bertz CT molecular complexity index is 317. The van der Waals surface area contributed by atoms with E-state index in [2.05, 4.69) is 0 Å². The molecule has 0 spiro atoms. The number of aliphatic hydroxyl groups is 4. The summed E-state index contributed by atoms with van der Waals surface area (Å²) < 4.78 is 10.5. The van der Waals surface area contributed by atoms with Crippen molar-refractivity contribution in [3.63, 3.8) is 0 Å². The Morgan fingerprint density at radius 1 is 1.28 bits per heavy atom. The van der Waals surface area contributed by atoms with E-state index in [1.165, 1.54) is 6.92 Å². The molecule has 6 atom stereocenters. The molecule has 1 saturated heterocycles. The van der Waals surface area contributed by atoms with Crippen LogP contribution in [0.3, 0.4) is 0 Å². The molecule has 0 aromatic heterocycles. The van der Waals surface area contributed by atoms with Crippen LogP contribution in [0.5, 0.6) is 0 Å². The van der Waals surface area contributed by atoms with Crippen molar-refractivity contribution in [2.24, 2.45) is 0 Å². The van der Waals surface area contributed by atoms with E-state index in [1.807, 2.05) is 6.07 Å². The molecule has 7 nitrogen and oxygen atoms in total. The van der Waals surface area contributed by atoms with Crippen LogP contribution in [-0.4, -0.2) is 63.3 Å². The van der Waals surface area contributed by atoms with Gasteiger partial charge >= 0.3 is 0 Å². The minimum absolute atomic E-state index is 0.360. The van der Waals surface area contributed by atoms with Gasteiger partial charge in [-0.2, -0.15) is 5.26 Å². The van der Waals surface area contributed by atoms with E-state index in [0.717, 1.165) is 0 Å². The highest BCUT2D eigenvalue weighted by atomic mass is 16.7. The maximum Gasteiger partial charge on any atom is 0.188 e. The average molecular weight is 261 g/mol. The van der Waals surface area contributed by atoms with Crippen LogP contribution in [0.4, 0.5) is 0 Å². The van der Waals surface area contributed by atoms with Gasteiger partial charge in [-0.05, 0) is 13.3 Å². The van der Waals surface area contributed by atoms with Crippen LogP contribution in [0.25, 0.3) is 0 Å². The van der Waals surface area contributed by atoms with Gasteiger partial charge in [0.15, 0.2) is 11.9 Å². The summed E-state index contributed by atoms with van der Waals surface area (Å²) in [6.45, 7) is 2.72. The van der Waals surface area contributed by atoms with Crippen molar-refractivity contribution in [2.45, 2.75) is 56.6 Å². The van der Waals surface area contributed by atoms with Gasteiger partial charge in [-0.3, -0.25) is 0 Å². The van der Waals surface area contributed by atoms with Crippen LogP contribution in [0, 0.1) is 11.3 Å². The summed E-state index contributed by atoms with van der Waals surface area (Å²) in [6.07, 6.45) is -6.36. The summed E-state index contributed by atoms with van der Waals surface area (Å²) >= 11 is 0. The quantitative estimate of drug-likeness (QED) is 0.485. The molecular formula is C11H19NO6. The number of nitrogens with zero attached hydrogens (tertiary/aromatic N) is 1. The first-order valence-corrected chi connectivity index (χ1v) is 5.78. The van der Waals surface area contributed by atoms with Crippen LogP contribution >= 0.6 is 0 Å². The van der Waals surface area contributed by atoms with E-state index in [9.17, 15) is 15.3 Å². The standard InChI is InChI=1S/C11H19NO6/c1-3-11(2,5-12)18-10-9(16)8(15)7(14)6(4-13)17-10/h6-10,13-16H,3-4H2,1-2H3/t6-,7-,8+,9-,10+,11-/m1/s1. The normalized spacial score (nSPS) is 39.9. The molecule has 1 heterocycles. The predicted molar refractivity (Wildman–Crippen MR) is 59.2 cm³/mol. The monoisotopic (exact) mass is 261 g/mol. The molecule has 1 fully saturated rings. The molecule has 0 amide bonds. The van der Waals surface area contributed by atoms with Crippen molar-refractivity contribution in [2.75, 3.05) is 6.61 Å². The molecule has 0 aromatic rings. The van der Waals surface area contributed by atoms with E-state index in [1.54, 1.807) is 6.92 Å². The number of nitriles is 1. The van der Waals surface area contributed by atoms with Crippen LogP contribution in [0.1, 0.15) is 20.3 Å². The summed E-state index contributed by atoms with van der Waals surface area (Å²) in [4.78, 5) is 0.